The Hall–Kier alpha value is -1.92. The molecule has 7 heteroatoms. The van der Waals surface area contributed by atoms with Gasteiger partial charge in [-0.15, -0.1) is 0 Å². The highest BCUT2D eigenvalue weighted by atomic mass is 16.4. The van der Waals surface area contributed by atoms with Gasteiger partial charge in [0, 0.05) is 30.2 Å². The van der Waals surface area contributed by atoms with Crippen LogP contribution < -0.4 is 15.3 Å². The van der Waals surface area contributed by atoms with Gasteiger partial charge in [0.2, 0.25) is 0 Å². The predicted molar refractivity (Wildman–Crippen MR) is 42.0 cm³/mol. The van der Waals surface area contributed by atoms with E-state index in [-0.39, 0.29) is 0 Å². The zero-order valence-electron chi connectivity index (χ0n) is 8.26. The van der Waals surface area contributed by atoms with Crippen LogP contribution in [0.3, 0.4) is 0 Å². The van der Waals surface area contributed by atoms with Gasteiger partial charge in [0.1, 0.15) is 5.78 Å². The molecule has 0 saturated carbocycles. The minimum Gasteiger partial charge on any atom is -0.550 e. The largest absolute Gasteiger partial charge is 0.550 e. The molecule has 16 heavy (non-hydrogen) atoms. The molecule has 0 spiro atoms. The summed E-state index contributed by atoms with van der Waals surface area (Å²) < 4.78 is 0. The summed E-state index contributed by atoms with van der Waals surface area (Å²) in [7, 11) is 0. The maximum Gasteiger partial charge on any atom is 0.137 e. The number of hydrogen-bond acceptors (Lipinski definition) is 7. The van der Waals surface area contributed by atoms with Crippen molar-refractivity contribution < 1.29 is 34.5 Å². The van der Waals surface area contributed by atoms with Crippen molar-refractivity contribution in [1.29, 1.82) is 0 Å². The standard InChI is InChI=1S/C9H12O7/c10-6(1-2-7(11)12)5(3-8(13)14)4-9(15)16/h5H,1-4H2,(H,11,12)(H,13,14)(H,15,16)/p-3. The zero-order valence-corrected chi connectivity index (χ0v) is 8.26. The van der Waals surface area contributed by atoms with Gasteiger partial charge in [-0.2, -0.15) is 0 Å². The Morgan fingerprint density at radius 2 is 1.19 bits per heavy atom. The molecular weight excluding hydrogens is 220 g/mol. The lowest BCUT2D eigenvalue weighted by Gasteiger charge is -2.16. The van der Waals surface area contributed by atoms with E-state index in [4.69, 9.17) is 0 Å². The van der Waals surface area contributed by atoms with Crippen molar-refractivity contribution in [3.05, 3.63) is 0 Å². The second kappa shape index (κ2) is 6.54. The molecule has 0 aliphatic carbocycles. The van der Waals surface area contributed by atoms with Crippen LogP contribution in [-0.2, 0) is 19.2 Å². The third-order valence-corrected chi connectivity index (χ3v) is 1.86. The van der Waals surface area contributed by atoms with Crippen LogP contribution in [0.5, 0.6) is 0 Å². The first kappa shape index (κ1) is 14.1. The number of carboxylic acid groups (broad SMARTS) is 3. The molecule has 7 nitrogen and oxygen atoms in total. The van der Waals surface area contributed by atoms with Gasteiger partial charge in [0.25, 0.3) is 0 Å². The van der Waals surface area contributed by atoms with Crippen LogP contribution in [-0.4, -0.2) is 23.7 Å². The van der Waals surface area contributed by atoms with Gasteiger partial charge in [0.05, 0.1) is 0 Å². The minimum absolute atomic E-state index is 0.465. The van der Waals surface area contributed by atoms with Crippen molar-refractivity contribution in [3.63, 3.8) is 0 Å². The summed E-state index contributed by atoms with van der Waals surface area (Å²) in [5.74, 6) is -6.69. The first-order chi connectivity index (χ1) is 7.32. The van der Waals surface area contributed by atoms with E-state index in [1.165, 1.54) is 0 Å². The summed E-state index contributed by atoms with van der Waals surface area (Å²) in [6.07, 6.45) is -2.57. The summed E-state index contributed by atoms with van der Waals surface area (Å²) in [4.78, 5) is 41.8. The molecule has 0 N–H and O–H groups in total. The van der Waals surface area contributed by atoms with E-state index in [0.29, 0.717) is 0 Å². The molecule has 0 aromatic rings. The fourth-order valence-electron chi connectivity index (χ4n) is 1.13. The first-order valence-corrected chi connectivity index (χ1v) is 4.45. The van der Waals surface area contributed by atoms with E-state index < -0.39 is 55.3 Å². The number of Topliss-reactive ketones (excluding diaryl/α,β-unsaturated/α-hetero) is 1. The maximum absolute atomic E-state index is 11.2. The van der Waals surface area contributed by atoms with Gasteiger partial charge in [0.15, 0.2) is 0 Å². The Balaban J connectivity index is 4.36. The average Bonchev–Trinajstić information content (AvgIpc) is 2.11. The number of aliphatic carboxylic acids is 3. The van der Waals surface area contributed by atoms with Crippen LogP contribution >= 0.6 is 0 Å². The van der Waals surface area contributed by atoms with E-state index >= 15 is 0 Å². The van der Waals surface area contributed by atoms with Crippen LogP contribution in [0.2, 0.25) is 0 Å². The van der Waals surface area contributed by atoms with Crippen LogP contribution in [0.1, 0.15) is 25.7 Å². The van der Waals surface area contributed by atoms with Crippen molar-refractivity contribution in [2.45, 2.75) is 25.7 Å². The van der Waals surface area contributed by atoms with Crippen molar-refractivity contribution in [3.8, 4) is 0 Å². The molecule has 0 heterocycles. The average molecular weight is 229 g/mol. The fraction of sp³-hybridized carbons (Fsp3) is 0.556. The number of carbonyl (C=O) groups excluding carboxylic acids is 4. The van der Waals surface area contributed by atoms with Crippen LogP contribution in [0.25, 0.3) is 0 Å². The molecule has 0 atom stereocenters. The normalized spacial score (nSPS) is 10.1. The fourth-order valence-corrected chi connectivity index (χ4v) is 1.13. The third-order valence-electron chi connectivity index (χ3n) is 1.86. The predicted octanol–water partition coefficient (Wildman–Crippen LogP) is -4.02. The highest BCUT2D eigenvalue weighted by Crippen LogP contribution is 2.12. The van der Waals surface area contributed by atoms with E-state index in [0.717, 1.165) is 0 Å². The number of carboxylic acids is 3. The Morgan fingerprint density at radius 1 is 0.750 bits per heavy atom. The topological polar surface area (TPSA) is 137 Å². The highest BCUT2D eigenvalue weighted by Gasteiger charge is 2.18. The lowest BCUT2D eigenvalue weighted by Crippen LogP contribution is -2.34. The highest BCUT2D eigenvalue weighted by molar-refractivity contribution is 5.89. The van der Waals surface area contributed by atoms with Crippen molar-refractivity contribution in [2.75, 3.05) is 0 Å². The molecule has 0 aromatic carbocycles. The SMILES string of the molecule is O=C([O-])CCC(=O)C(CC(=O)[O-])CC(=O)[O-]. The van der Waals surface area contributed by atoms with Gasteiger partial charge in [-0.25, -0.2) is 0 Å². The molecule has 0 amide bonds. The van der Waals surface area contributed by atoms with Crippen molar-refractivity contribution in [1.82, 2.24) is 0 Å². The maximum atomic E-state index is 11.2. The third kappa shape index (κ3) is 6.52. The van der Waals surface area contributed by atoms with Gasteiger partial charge in [-0.05, 0) is 19.3 Å². The quantitative estimate of drug-likeness (QED) is 0.413. The van der Waals surface area contributed by atoms with E-state index in [1.807, 2.05) is 0 Å². The van der Waals surface area contributed by atoms with Gasteiger partial charge in [-0.3, -0.25) is 4.79 Å². The molecule has 0 aliphatic heterocycles. The van der Waals surface area contributed by atoms with Crippen molar-refractivity contribution >= 4 is 23.7 Å². The smallest absolute Gasteiger partial charge is 0.137 e. The van der Waals surface area contributed by atoms with Crippen LogP contribution in [0.4, 0.5) is 0 Å². The number of hydrogen-bond donors (Lipinski definition) is 0. The van der Waals surface area contributed by atoms with E-state index in [2.05, 4.69) is 0 Å². The zero-order chi connectivity index (χ0) is 12.7. The summed E-state index contributed by atoms with van der Waals surface area (Å²) in [6.45, 7) is 0. The molecule has 0 fully saturated rings. The molecule has 0 unspecified atom stereocenters. The van der Waals surface area contributed by atoms with Gasteiger partial charge >= 0.3 is 0 Å². The molecule has 0 saturated heterocycles. The van der Waals surface area contributed by atoms with Gasteiger partial charge < -0.3 is 29.7 Å². The Bertz CT molecular complexity index is 291. The van der Waals surface area contributed by atoms with E-state index in [1.54, 1.807) is 0 Å². The Morgan fingerprint density at radius 3 is 1.50 bits per heavy atom. The molecule has 0 rings (SSSR count). The number of rotatable bonds is 8. The summed E-state index contributed by atoms with van der Waals surface area (Å²) in [5, 5.41) is 30.5. The van der Waals surface area contributed by atoms with E-state index in [9.17, 15) is 34.5 Å². The number of carbonyl (C=O) groups is 4. The monoisotopic (exact) mass is 229 g/mol. The van der Waals surface area contributed by atoms with Crippen molar-refractivity contribution in [2.24, 2.45) is 5.92 Å². The second-order valence-corrected chi connectivity index (χ2v) is 3.19. The summed E-state index contributed by atoms with van der Waals surface area (Å²) in [6, 6.07) is 0. The lowest BCUT2D eigenvalue weighted by molar-refractivity contribution is -0.309. The Labute approximate surface area is 90.7 Å². The molecule has 0 radical (unpaired) electrons. The lowest BCUT2D eigenvalue weighted by atomic mass is 9.93. The molecule has 0 aromatic heterocycles. The molecule has 0 aliphatic rings. The summed E-state index contributed by atoms with van der Waals surface area (Å²) in [5.41, 5.74) is 0. The molecule has 90 valence electrons. The summed E-state index contributed by atoms with van der Waals surface area (Å²) >= 11 is 0. The first-order valence-electron chi connectivity index (χ1n) is 4.45. The van der Waals surface area contributed by atoms with Crippen LogP contribution in [0, 0.1) is 5.92 Å². The second-order valence-electron chi connectivity index (χ2n) is 3.19. The Kier molecular flexibility index (Phi) is 5.76. The minimum atomic E-state index is -1.58. The molecule has 0 bridgehead atoms. The van der Waals surface area contributed by atoms with Gasteiger partial charge in [-0.1, -0.05) is 0 Å². The molecular formula is C9H9O7-3. The number of ketones is 1. The van der Waals surface area contributed by atoms with Crippen LogP contribution in [0.15, 0.2) is 0 Å².